The molecule has 9 nitrogen and oxygen atoms in total. The summed E-state index contributed by atoms with van der Waals surface area (Å²) < 4.78 is 7.03. The van der Waals surface area contributed by atoms with E-state index in [9.17, 15) is 10.1 Å². The molecule has 0 aliphatic carbocycles. The number of aromatic nitrogens is 4. The van der Waals surface area contributed by atoms with E-state index in [1.807, 2.05) is 0 Å². The molecular formula is C15H14N6O3. The summed E-state index contributed by atoms with van der Waals surface area (Å²) in [5.74, 6) is 1.33. The molecule has 1 aliphatic rings. The highest BCUT2D eigenvalue weighted by Crippen LogP contribution is 2.23. The van der Waals surface area contributed by atoms with Crippen molar-refractivity contribution in [1.29, 1.82) is 0 Å². The Kier molecular flexibility index (Phi) is 3.54. The molecule has 0 unspecified atom stereocenters. The van der Waals surface area contributed by atoms with E-state index < -0.39 is 4.92 Å². The Balaban J connectivity index is 1.72. The number of hydrogen-bond acceptors (Lipinski definition) is 7. The number of anilines is 1. The van der Waals surface area contributed by atoms with Crippen LogP contribution in [0.1, 0.15) is 0 Å². The van der Waals surface area contributed by atoms with Gasteiger partial charge in [0.15, 0.2) is 5.82 Å². The summed E-state index contributed by atoms with van der Waals surface area (Å²) in [7, 11) is 0. The van der Waals surface area contributed by atoms with Crippen molar-refractivity contribution >= 4 is 17.3 Å². The molecule has 24 heavy (non-hydrogen) atoms. The van der Waals surface area contributed by atoms with Gasteiger partial charge in [0.05, 0.1) is 36.2 Å². The lowest BCUT2D eigenvalue weighted by Crippen LogP contribution is -2.37. The second kappa shape index (κ2) is 5.85. The van der Waals surface area contributed by atoms with Crippen LogP contribution in [-0.4, -0.2) is 50.8 Å². The highest BCUT2D eigenvalue weighted by molar-refractivity contribution is 5.63. The van der Waals surface area contributed by atoms with Crippen molar-refractivity contribution in [3.8, 4) is 11.3 Å². The fraction of sp³-hybridized carbons (Fsp3) is 0.267. The monoisotopic (exact) mass is 326 g/mol. The Morgan fingerprint density at radius 1 is 1.21 bits per heavy atom. The fourth-order valence-electron chi connectivity index (χ4n) is 2.69. The van der Waals surface area contributed by atoms with Gasteiger partial charge in [0.1, 0.15) is 0 Å². The topological polar surface area (TPSA) is 98.7 Å². The average Bonchev–Trinajstić information content (AvgIpc) is 3.05. The van der Waals surface area contributed by atoms with Gasteiger partial charge in [-0.1, -0.05) is 12.1 Å². The molecule has 0 amide bonds. The van der Waals surface area contributed by atoms with Gasteiger partial charge >= 0.3 is 0 Å². The van der Waals surface area contributed by atoms with Crippen LogP contribution in [0.4, 0.5) is 11.5 Å². The summed E-state index contributed by atoms with van der Waals surface area (Å²) in [5, 5.41) is 15.3. The second-order valence-electron chi connectivity index (χ2n) is 5.38. The molecule has 3 aromatic rings. The third-order valence-corrected chi connectivity index (χ3v) is 3.91. The number of nitro groups is 1. The van der Waals surface area contributed by atoms with Crippen molar-refractivity contribution in [1.82, 2.24) is 19.6 Å². The number of fused-ring (bicyclic) bond motifs is 1. The molecule has 1 fully saturated rings. The van der Waals surface area contributed by atoms with Gasteiger partial charge in [-0.05, 0) is 0 Å². The van der Waals surface area contributed by atoms with Crippen molar-refractivity contribution in [2.45, 2.75) is 0 Å². The molecule has 4 rings (SSSR count). The van der Waals surface area contributed by atoms with E-state index in [4.69, 9.17) is 4.74 Å². The molecule has 0 N–H and O–H groups in total. The molecule has 1 aliphatic heterocycles. The van der Waals surface area contributed by atoms with E-state index in [0.29, 0.717) is 30.2 Å². The molecule has 3 heterocycles. The summed E-state index contributed by atoms with van der Waals surface area (Å²) in [5.41, 5.74) is 1.20. The summed E-state index contributed by atoms with van der Waals surface area (Å²) in [6.45, 7) is 2.91. The number of morpholine rings is 1. The summed E-state index contributed by atoms with van der Waals surface area (Å²) >= 11 is 0. The predicted molar refractivity (Wildman–Crippen MR) is 85.9 cm³/mol. The summed E-state index contributed by atoms with van der Waals surface area (Å²) in [4.78, 5) is 21.4. The molecule has 0 atom stereocenters. The Labute approximate surface area is 136 Å². The predicted octanol–water partition coefficient (Wildman–Crippen LogP) is 1.54. The van der Waals surface area contributed by atoms with E-state index >= 15 is 0 Å². The molecule has 0 bridgehead atoms. The van der Waals surface area contributed by atoms with Crippen LogP contribution >= 0.6 is 0 Å². The van der Waals surface area contributed by atoms with Crippen LogP contribution in [0.15, 0.2) is 36.7 Å². The Morgan fingerprint density at radius 2 is 2.04 bits per heavy atom. The highest BCUT2D eigenvalue weighted by Gasteiger charge is 2.17. The van der Waals surface area contributed by atoms with Gasteiger partial charge in [-0.3, -0.25) is 10.1 Å². The first-order valence-corrected chi connectivity index (χ1v) is 7.51. The minimum Gasteiger partial charge on any atom is -0.378 e. The van der Waals surface area contributed by atoms with Gasteiger partial charge in [-0.25, -0.2) is 9.97 Å². The van der Waals surface area contributed by atoms with Crippen LogP contribution in [-0.2, 0) is 4.74 Å². The number of nitrogens with zero attached hydrogens (tertiary/aromatic N) is 6. The fourth-order valence-corrected chi connectivity index (χ4v) is 2.69. The molecular weight excluding hydrogens is 312 g/mol. The lowest BCUT2D eigenvalue weighted by atomic mass is 10.1. The first-order valence-electron chi connectivity index (χ1n) is 7.51. The molecule has 1 aromatic carbocycles. The zero-order valence-corrected chi connectivity index (χ0v) is 12.7. The third-order valence-electron chi connectivity index (χ3n) is 3.91. The van der Waals surface area contributed by atoms with Gasteiger partial charge in [0.2, 0.25) is 0 Å². The first kappa shape index (κ1) is 14.5. The van der Waals surface area contributed by atoms with Crippen molar-refractivity contribution in [3.63, 3.8) is 0 Å². The van der Waals surface area contributed by atoms with Crippen molar-refractivity contribution in [2.75, 3.05) is 31.2 Å². The average molecular weight is 326 g/mol. The standard InChI is InChI=1S/C15H14N6O3/c22-21(23)12-3-1-2-11(8-12)13-9-17-20-14(10-16-15(20)18-13)19-4-6-24-7-5-19/h1-3,8-10H,4-7H2. The van der Waals surface area contributed by atoms with Gasteiger partial charge in [0, 0.05) is 30.8 Å². The Morgan fingerprint density at radius 3 is 2.83 bits per heavy atom. The van der Waals surface area contributed by atoms with Gasteiger partial charge in [-0.15, -0.1) is 0 Å². The maximum Gasteiger partial charge on any atom is 0.270 e. The smallest absolute Gasteiger partial charge is 0.270 e. The summed E-state index contributed by atoms with van der Waals surface area (Å²) in [6.07, 6.45) is 3.33. The number of benzene rings is 1. The minimum absolute atomic E-state index is 0.0199. The number of hydrogen-bond donors (Lipinski definition) is 0. The summed E-state index contributed by atoms with van der Waals surface area (Å²) in [6, 6.07) is 6.32. The second-order valence-corrected chi connectivity index (χ2v) is 5.38. The highest BCUT2D eigenvalue weighted by atomic mass is 16.6. The minimum atomic E-state index is -0.429. The third kappa shape index (κ3) is 2.54. The molecule has 9 heteroatoms. The largest absolute Gasteiger partial charge is 0.378 e. The van der Waals surface area contributed by atoms with Crippen molar-refractivity contribution in [3.05, 3.63) is 46.8 Å². The normalized spacial score (nSPS) is 14.9. The first-order chi connectivity index (χ1) is 11.7. The van der Waals surface area contributed by atoms with Crippen LogP contribution in [0.2, 0.25) is 0 Å². The van der Waals surface area contributed by atoms with Gasteiger partial charge < -0.3 is 9.64 Å². The Bertz CT molecular complexity index is 903. The van der Waals surface area contributed by atoms with Gasteiger partial charge in [-0.2, -0.15) is 9.61 Å². The van der Waals surface area contributed by atoms with Crippen LogP contribution in [0, 0.1) is 10.1 Å². The van der Waals surface area contributed by atoms with E-state index in [1.165, 1.54) is 12.1 Å². The van der Waals surface area contributed by atoms with Crippen LogP contribution in [0.25, 0.3) is 17.0 Å². The number of non-ortho nitro benzene ring substituents is 1. The lowest BCUT2D eigenvalue weighted by molar-refractivity contribution is -0.384. The molecule has 0 saturated carbocycles. The van der Waals surface area contributed by atoms with Crippen LogP contribution in [0.5, 0.6) is 0 Å². The lowest BCUT2D eigenvalue weighted by Gasteiger charge is -2.27. The number of rotatable bonds is 3. The Hall–Kier alpha value is -3.07. The molecule has 2 aromatic heterocycles. The van der Waals surface area contributed by atoms with Crippen LogP contribution < -0.4 is 4.90 Å². The zero-order valence-electron chi connectivity index (χ0n) is 12.7. The molecule has 1 saturated heterocycles. The van der Waals surface area contributed by atoms with E-state index in [-0.39, 0.29) is 5.69 Å². The van der Waals surface area contributed by atoms with Gasteiger partial charge in [0.25, 0.3) is 11.5 Å². The maximum atomic E-state index is 10.9. The van der Waals surface area contributed by atoms with Crippen molar-refractivity contribution < 1.29 is 9.66 Å². The molecule has 122 valence electrons. The maximum absolute atomic E-state index is 10.9. The molecule has 0 radical (unpaired) electrons. The SMILES string of the molecule is O=[N+]([O-])c1cccc(-c2cnn3c(N4CCOCC4)cnc3n2)c1. The van der Waals surface area contributed by atoms with E-state index in [1.54, 1.807) is 29.0 Å². The quantitative estimate of drug-likeness (QED) is 0.531. The van der Waals surface area contributed by atoms with Crippen molar-refractivity contribution in [2.24, 2.45) is 0 Å². The van der Waals surface area contributed by atoms with Crippen LogP contribution in [0.3, 0.4) is 0 Å². The zero-order chi connectivity index (χ0) is 16.5. The van der Waals surface area contributed by atoms with E-state index in [0.717, 1.165) is 18.9 Å². The number of imidazole rings is 1. The number of nitro benzene ring substituents is 1. The molecule has 0 spiro atoms. The number of ether oxygens (including phenoxy) is 1. The van der Waals surface area contributed by atoms with E-state index in [2.05, 4.69) is 20.0 Å².